The molecule has 1 aliphatic rings. The number of rotatable bonds is 5. The first-order valence-electron chi connectivity index (χ1n) is 7.80. The van der Waals surface area contributed by atoms with Gasteiger partial charge in [0, 0.05) is 17.5 Å². The lowest BCUT2D eigenvalue weighted by Gasteiger charge is -2.39. The van der Waals surface area contributed by atoms with E-state index in [9.17, 15) is 4.79 Å². The predicted octanol–water partition coefficient (Wildman–Crippen LogP) is 3.89. The zero-order valence-electron chi connectivity index (χ0n) is 13.3. The topological polar surface area (TPSA) is 41.1 Å². The van der Waals surface area contributed by atoms with Crippen LogP contribution >= 0.6 is 24.0 Å². The van der Waals surface area contributed by atoms with E-state index < -0.39 is 0 Å². The van der Waals surface area contributed by atoms with Gasteiger partial charge in [0.2, 0.25) is 5.91 Å². The first-order valence-corrected chi connectivity index (χ1v) is 8.18. The number of benzene rings is 1. The molecule has 1 aromatic rings. The normalized spacial score (nSPS) is 18.1. The van der Waals surface area contributed by atoms with E-state index in [1.165, 1.54) is 12.0 Å². The van der Waals surface area contributed by atoms with Gasteiger partial charge in [0.05, 0.1) is 5.54 Å². The van der Waals surface area contributed by atoms with Gasteiger partial charge in [-0.15, -0.1) is 12.4 Å². The molecular weight excluding hydrogens is 319 g/mol. The highest BCUT2D eigenvalue weighted by Gasteiger charge is 2.36. The highest BCUT2D eigenvalue weighted by molar-refractivity contribution is 6.30. The van der Waals surface area contributed by atoms with Gasteiger partial charge in [0.15, 0.2) is 0 Å². The smallest absolute Gasteiger partial charge is 0.224 e. The van der Waals surface area contributed by atoms with Gasteiger partial charge in [-0.3, -0.25) is 4.79 Å². The summed E-state index contributed by atoms with van der Waals surface area (Å²) in [4.78, 5) is 12.5. The fraction of sp³-hybridized carbons (Fsp3) is 0.588. The van der Waals surface area contributed by atoms with Crippen molar-refractivity contribution in [1.82, 2.24) is 10.6 Å². The lowest BCUT2D eigenvalue weighted by atomic mass is 9.76. The van der Waals surface area contributed by atoms with Gasteiger partial charge in [-0.05, 0) is 37.6 Å². The van der Waals surface area contributed by atoms with E-state index in [1.807, 2.05) is 26.1 Å². The summed E-state index contributed by atoms with van der Waals surface area (Å²) >= 11 is 6.00. The Labute approximate surface area is 144 Å². The zero-order valence-corrected chi connectivity index (χ0v) is 14.9. The Morgan fingerprint density at radius 1 is 1.23 bits per heavy atom. The molecule has 3 nitrogen and oxygen atoms in total. The summed E-state index contributed by atoms with van der Waals surface area (Å²) in [5.74, 6) is 0.0994. The van der Waals surface area contributed by atoms with Crippen molar-refractivity contribution >= 4 is 29.9 Å². The van der Waals surface area contributed by atoms with E-state index in [0.29, 0.717) is 6.54 Å². The number of hydrogen-bond acceptors (Lipinski definition) is 2. The molecule has 2 N–H and O–H groups in total. The molecule has 0 aromatic heterocycles. The van der Waals surface area contributed by atoms with Crippen LogP contribution in [0.15, 0.2) is 24.3 Å². The Morgan fingerprint density at radius 3 is 2.36 bits per heavy atom. The van der Waals surface area contributed by atoms with Crippen molar-refractivity contribution in [3.05, 3.63) is 34.9 Å². The van der Waals surface area contributed by atoms with Crippen molar-refractivity contribution in [1.29, 1.82) is 0 Å². The maximum Gasteiger partial charge on any atom is 0.224 e. The van der Waals surface area contributed by atoms with Crippen molar-refractivity contribution < 1.29 is 4.79 Å². The van der Waals surface area contributed by atoms with Crippen LogP contribution in [0.4, 0.5) is 0 Å². The standard InChI is InChI=1S/C17H25ClN2O.ClH/c1-13(12-19-2)16(21)20-17(10-4-3-5-11-17)14-6-8-15(18)9-7-14;/h6-9,13,19H,3-5,10-12H2,1-2H3,(H,20,21);1H. The number of halogens is 2. The van der Waals surface area contributed by atoms with Crippen LogP contribution < -0.4 is 10.6 Å². The van der Waals surface area contributed by atoms with Crippen LogP contribution in [-0.4, -0.2) is 19.5 Å². The molecule has 2 rings (SSSR count). The Balaban J connectivity index is 0.00000242. The molecule has 0 saturated heterocycles. The van der Waals surface area contributed by atoms with Crippen LogP contribution in [-0.2, 0) is 10.3 Å². The van der Waals surface area contributed by atoms with Gasteiger partial charge < -0.3 is 10.6 Å². The van der Waals surface area contributed by atoms with Gasteiger partial charge >= 0.3 is 0 Å². The molecule has 0 bridgehead atoms. The second kappa shape index (κ2) is 8.76. The SMILES string of the molecule is CNCC(C)C(=O)NC1(c2ccc(Cl)cc2)CCCCC1.Cl. The molecule has 1 amide bonds. The van der Waals surface area contributed by atoms with Crippen molar-refractivity contribution in [3.63, 3.8) is 0 Å². The molecule has 1 aliphatic carbocycles. The van der Waals surface area contributed by atoms with Gasteiger partial charge in [-0.1, -0.05) is 49.9 Å². The summed E-state index contributed by atoms with van der Waals surface area (Å²) in [5, 5.41) is 7.13. The maximum atomic E-state index is 12.5. The zero-order chi connectivity index (χ0) is 15.3. The average molecular weight is 345 g/mol. The Kier molecular flexibility index (Phi) is 7.67. The number of nitrogens with one attached hydrogen (secondary N) is 2. The van der Waals surface area contributed by atoms with E-state index in [0.717, 1.165) is 30.7 Å². The fourth-order valence-electron chi connectivity index (χ4n) is 3.17. The van der Waals surface area contributed by atoms with E-state index in [4.69, 9.17) is 11.6 Å². The van der Waals surface area contributed by atoms with Gasteiger partial charge in [0.25, 0.3) is 0 Å². The molecule has 1 aromatic carbocycles. The monoisotopic (exact) mass is 344 g/mol. The minimum atomic E-state index is -0.220. The Bertz CT molecular complexity index is 470. The second-order valence-electron chi connectivity index (χ2n) is 6.10. The third-order valence-corrected chi connectivity index (χ3v) is 4.68. The molecule has 22 heavy (non-hydrogen) atoms. The summed E-state index contributed by atoms with van der Waals surface area (Å²) < 4.78 is 0. The molecule has 0 aliphatic heterocycles. The van der Waals surface area contributed by atoms with Crippen LogP contribution in [0.5, 0.6) is 0 Å². The van der Waals surface area contributed by atoms with Crippen molar-refractivity contribution in [2.45, 2.75) is 44.6 Å². The van der Waals surface area contributed by atoms with E-state index in [-0.39, 0.29) is 29.8 Å². The predicted molar refractivity (Wildman–Crippen MR) is 94.7 cm³/mol. The molecule has 0 spiro atoms. The highest BCUT2D eigenvalue weighted by atomic mass is 35.5. The van der Waals surface area contributed by atoms with Crippen LogP contribution in [0.2, 0.25) is 5.02 Å². The minimum absolute atomic E-state index is 0. The number of carbonyl (C=O) groups is 1. The summed E-state index contributed by atoms with van der Waals surface area (Å²) in [7, 11) is 1.87. The molecule has 0 heterocycles. The molecule has 1 fully saturated rings. The molecule has 5 heteroatoms. The van der Waals surface area contributed by atoms with Crippen LogP contribution in [0.3, 0.4) is 0 Å². The number of hydrogen-bond donors (Lipinski definition) is 2. The van der Waals surface area contributed by atoms with Crippen LogP contribution in [0.25, 0.3) is 0 Å². The van der Waals surface area contributed by atoms with E-state index >= 15 is 0 Å². The fourth-order valence-corrected chi connectivity index (χ4v) is 3.29. The van der Waals surface area contributed by atoms with Gasteiger partial charge in [0.1, 0.15) is 0 Å². The highest BCUT2D eigenvalue weighted by Crippen LogP contribution is 2.37. The average Bonchev–Trinajstić information content (AvgIpc) is 2.49. The summed E-state index contributed by atoms with van der Waals surface area (Å²) in [6, 6.07) is 7.93. The molecule has 124 valence electrons. The summed E-state index contributed by atoms with van der Waals surface area (Å²) in [6.45, 7) is 2.66. The van der Waals surface area contributed by atoms with Gasteiger partial charge in [-0.25, -0.2) is 0 Å². The second-order valence-corrected chi connectivity index (χ2v) is 6.53. The van der Waals surface area contributed by atoms with Gasteiger partial charge in [-0.2, -0.15) is 0 Å². The summed E-state index contributed by atoms with van der Waals surface area (Å²) in [5.41, 5.74) is 0.957. The quantitative estimate of drug-likeness (QED) is 0.850. The molecule has 1 saturated carbocycles. The third kappa shape index (κ3) is 4.61. The van der Waals surface area contributed by atoms with Crippen molar-refractivity contribution in [3.8, 4) is 0 Å². The first kappa shape index (κ1) is 19.3. The maximum absolute atomic E-state index is 12.5. The van der Waals surface area contributed by atoms with Crippen LogP contribution in [0, 0.1) is 5.92 Å². The molecule has 1 atom stereocenters. The number of carbonyl (C=O) groups excluding carboxylic acids is 1. The third-order valence-electron chi connectivity index (χ3n) is 4.42. The van der Waals surface area contributed by atoms with E-state index in [2.05, 4.69) is 22.8 Å². The van der Waals surface area contributed by atoms with Crippen molar-refractivity contribution in [2.24, 2.45) is 5.92 Å². The summed E-state index contributed by atoms with van der Waals surface area (Å²) in [6.07, 6.45) is 5.57. The number of amides is 1. The molecule has 1 unspecified atom stereocenters. The molecular formula is C17H26Cl2N2O. The Morgan fingerprint density at radius 2 is 1.82 bits per heavy atom. The van der Waals surface area contributed by atoms with Crippen LogP contribution in [0.1, 0.15) is 44.6 Å². The Hall–Kier alpha value is -0.770. The van der Waals surface area contributed by atoms with Crippen molar-refractivity contribution in [2.75, 3.05) is 13.6 Å². The lowest BCUT2D eigenvalue weighted by molar-refractivity contribution is -0.127. The largest absolute Gasteiger partial charge is 0.346 e. The first-order chi connectivity index (χ1) is 10.1. The minimum Gasteiger partial charge on any atom is -0.346 e. The molecule has 0 radical (unpaired) electrons. The van der Waals surface area contributed by atoms with E-state index in [1.54, 1.807) is 0 Å². The lowest BCUT2D eigenvalue weighted by Crippen LogP contribution is -2.50.